The van der Waals surface area contributed by atoms with Gasteiger partial charge in [-0.25, -0.2) is 0 Å². The Bertz CT molecular complexity index is 548. The van der Waals surface area contributed by atoms with Gasteiger partial charge in [-0.1, -0.05) is 39.0 Å². The topological polar surface area (TPSA) is 24.9 Å². The Morgan fingerprint density at radius 1 is 1.14 bits per heavy atom. The fraction of sp³-hybridized carbons (Fsp3) is 0.500. The van der Waals surface area contributed by atoms with Gasteiger partial charge in [0.05, 0.1) is 5.52 Å². The Morgan fingerprint density at radius 2 is 1.95 bits per heavy atom. The van der Waals surface area contributed by atoms with Gasteiger partial charge in [-0.15, -0.1) is 0 Å². The number of likely N-dealkylation sites (N-methyl/N-ethyl adjacent to an activating group) is 1. The Kier molecular flexibility index (Phi) is 6.52. The highest BCUT2D eigenvalue weighted by Crippen LogP contribution is 2.19. The molecule has 0 aliphatic carbocycles. The van der Waals surface area contributed by atoms with Crippen molar-refractivity contribution >= 4 is 22.7 Å². The number of rotatable bonds is 8. The molecule has 0 aliphatic rings. The standard InChI is InChI=1S/C18H26N2S/c1-4-19-16(13-21-12-14(2)3)11-15-9-10-20-18-8-6-5-7-17(15)18/h5-10,14,16,19H,4,11-13H2,1-3H3. The summed E-state index contributed by atoms with van der Waals surface area (Å²) in [6.45, 7) is 7.78. The summed E-state index contributed by atoms with van der Waals surface area (Å²) in [5.41, 5.74) is 2.50. The van der Waals surface area contributed by atoms with Crippen LogP contribution in [0.15, 0.2) is 36.5 Å². The van der Waals surface area contributed by atoms with E-state index in [1.54, 1.807) is 0 Å². The van der Waals surface area contributed by atoms with E-state index in [-0.39, 0.29) is 0 Å². The number of hydrogen-bond acceptors (Lipinski definition) is 3. The van der Waals surface area contributed by atoms with E-state index in [4.69, 9.17) is 0 Å². The molecule has 0 amide bonds. The van der Waals surface area contributed by atoms with Crippen molar-refractivity contribution in [2.45, 2.75) is 33.2 Å². The number of para-hydroxylation sites is 1. The van der Waals surface area contributed by atoms with Gasteiger partial charge in [0.15, 0.2) is 0 Å². The summed E-state index contributed by atoms with van der Waals surface area (Å²) in [4.78, 5) is 4.45. The average molecular weight is 302 g/mol. The maximum absolute atomic E-state index is 4.45. The highest BCUT2D eigenvalue weighted by Gasteiger charge is 2.11. The van der Waals surface area contributed by atoms with Gasteiger partial charge in [0.2, 0.25) is 0 Å². The van der Waals surface area contributed by atoms with Crippen molar-refractivity contribution in [1.29, 1.82) is 0 Å². The van der Waals surface area contributed by atoms with Crippen LogP contribution < -0.4 is 5.32 Å². The first-order valence-electron chi connectivity index (χ1n) is 7.84. The second-order valence-corrected chi connectivity index (χ2v) is 6.95. The van der Waals surface area contributed by atoms with Crippen LogP contribution in [0.1, 0.15) is 26.3 Å². The van der Waals surface area contributed by atoms with Crippen molar-refractivity contribution in [3.8, 4) is 0 Å². The third kappa shape index (κ3) is 5.01. The summed E-state index contributed by atoms with van der Waals surface area (Å²) < 4.78 is 0. The molecule has 0 saturated heterocycles. The zero-order valence-electron chi connectivity index (χ0n) is 13.3. The lowest BCUT2D eigenvalue weighted by Gasteiger charge is -2.19. The van der Waals surface area contributed by atoms with E-state index in [1.807, 2.05) is 6.20 Å². The van der Waals surface area contributed by atoms with Crippen molar-refractivity contribution in [2.75, 3.05) is 18.1 Å². The van der Waals surface area contributed by atoms with Gasteiger partial charge >= 0.3 is 0 Å². The van der Waals surface area contributed by atoms with Gasteiger partial charge in [-0.05, 0) is 42.3 Å². The number of thioether (sulfide) groups is 1. The molecule has 0 aliphatic heterocycles. The van der Waals surface area contributed by atoms with Crippen molar-refractivity contribution in [3.05, 3.63) is 42.1 Å². The van der Waals surface area contributed by atoms with Crippen LogP contribution in [-0.2, 0) is 6.42 Å². The smallest absolute Gasteiger partial charge is 0.0704 e. The molecular weight excluding hydrogens is 276 g/mol. The lowest BCUT2D eigenvalue weighted by molar-refractivity contribution is 0.573. The monoisotopic (exact) mass is 302 g/mol. The molecule has 1 unspecified atom stereocenters. The maximum Gasteiger partial charge on any atom is 0.0704 e. The van der Waals surface area contributed by atoms with E-state index in [9.17, 15) is 0 Å². The minimum Gasteiger partial charge on any atom is -0.313 e. The SMILES string of the molecule is CCNC(CSCC(C)C)Cc1ccnc2ccccc12. The molecule has 114 valence electrons. The summed E-state index contributed by atoms with van der Waals surface area (Å²) in [5, 5.41) is 4.92. The van der Waals surface area contributed by atoms with E-state index in [1.165, 1.54) is 22.5 Å². The van der Waals surface area contributed by atoms with Crippen LogP contribution in [0.2, 0.25) is 0 Å². The van der Waals surface area contributed by atoms with E-state index in [0.717, 1.165) is 24.4 Å². The number of aromatic nitrogens is 1. The van der Waals surface area contributed by atoms with Crippen molar-refractivity contribution in [2.24, 2.45) is 5.92 Å². The van der Waals surface area contributed by atoms with Crippen molar-refractivity contribution < 1.29 is 0 Å². The van der Waals surface area contributed by atoms with Crippen molar-refractivity contribution in [3.63, 3.8) is 0 Å². The Labute approximate surface area is 132 Å². The molecule has 0 bridgehead atoms. The molecule has 1 N–H and O–H groups in total. The van der Waals surface area contributed by atoms with Gasteiger partial charge in [-0.3, -0.25) is 4.98 Å². The molecule has 2 aromatic rings. The van der Waals surface area contributed by atoms with E-state index in [0.29, 0.717) is 6.04 Å². The fourth-order valence-corrected chi connectivity index (χ4v) is 3.65. The molecule has 3 heteroatoms. The molecule has 1 aromatic carbocycles. The Balaban J connectivity index is 2.07. The van der Waals surface area contributed by atoms with Crippen molar-refractivity contribution in [1.82, 2.24) is 10.3 Å². The van der Waals surface area contributed by atoms with Gasteiger partial charge in [0, 0.05) is 23.4 Å². The summed E-state index contributed by atoms with van der Waals surface area (Å²) in [7, 11) is 0. The molecule has 1 aromatic heterocycles. The van der Waals surface area contributed by atoms with Crippen LogP contribution in [-0.4, -0.2) is 29.1 Å². The third-order valence-electron chi connectivity index (χ3n) is 3.47. The van der Waals surface area contributed by atoms with Crippen LogP contribution in [0.5, 0.6) is 0 Å². The second kappa shape index (κ2) is 8.40. The number of pyridine rings is 1. The summed E-state index contributed by atoms with van der Waals surface area (Å²) in [6.07, 6.45) is 3.00. The molecule has 0 spiro atoms. The first-order valence-corrected chi connectivity index (χ1v) is 9.00. The summed E-state index contributed by atoms with van der Waals surface area (Å²) in [5.74, 6) is 3.17. The zero-order valence-corrected chi connectivity index (χ0v) is 14.1. The fourth-order valence-electron chi connectivity index (χ4n) is 2.52. The molecule has 21 heavy (non-hydrogen) atoms. The first-order chi connectivity index (χ1) is 10.2. The van der Waals surface area contributed by atoms with E-state index < -0.39 is 0 Å². The minimum atomic E-state index is 0.532. The number of benzene rings is 1. The summed E-state index contributed by atoms with van der Waals surface area (Å²) in [6, 6.07) is 11.1. The van der Waals surface area contributed by atoms with Crippen LogP contribution in [0.4, 0.5) is 0 Å². The highest BCUT2D eigenvalue weighted by molar-refractivity contribution is 7.99. The van der Waals surface area contributed by atoms with E-state index >= 15 is 0 Å². The number of nitrogens with zero attached hydrogens (tertiary/aromatic N) is 1. The molecule has 0 radical (unpaired) electrons. The highest BCUT2D eigenvalue weighted by atomic mass is 32.2. The van der Waals surface area contributed by atoms with Crippen LogP contribution >= 0.6 is 11.8 Å². The van der Waals surface area contributed by atoms with Gasteiger partial charge in [-0.2, -0.15) is 11.8 Å². The number of fused-ring (bicyclic) bond motifs is 1. The predicted molar refractivity (Wildman–Crippen MR) is 95.1 cm³/mol. The Morgan fingerprint density at radius 3 is 2.71 bits per heavy atom. The average Bonchev–Trinajstić information content (AvgIpc) is 2.47. The first kappa shape index (κ1) is 16.3. The number of nitrogens with one attached hydrogen (secondary N) is 1. The van der Waals surface area contributed by atoms with Gasteiger partial charge in [0.25, 0.3) is 0 Å². The van der Waals surface area contributed by atoms with Crippen LogP contribution in [0.25, 0.3) is 10.9 Å². The maximum atomic E-state index is 4.45. The second-order valence-electron chi connectivity index (χ2n) is 5.88. The molecular formula is C18H26N2S. The molecule has 1 heterocycles. The zero-order chi connectivity index (χ0) is 15.1. The van der Waals surface area contributed by atoms with Gasteiger partial charge in [0.1, 0.15) is 0 Å². The lowest BCUT2D eigenvalue weighted by Crippen LogP contribution is -2.33. The molecule has 1 atom stereocenters. The van der Waals surface area contributed by atoms with Crippen LogP contribution in [0.3, 0.4) is 0 Å². The van der Waals surface area contributed by atoms with Crippen LogP contribution in [0, 0.1) is 5.92 Å². The van der Waals surface area contributed by atoms with Gasteiger partial charge < -0.3 is 5.32 Å². The van der Waals surface area contributed by atoms with E-state index in [2.05, 4.69) is 73.2 Å². The lowest BCUT2D eigenvalue weighted by atomic mass is 10.0. The summed E-state index contributed by atoms with van der Waals surface area (Å²) >= 11 is 2.06. The minimum absolute atomic E-state index is 0.532. The molecule has 2 nitrogen and oxygen atoms in total. The normalized spacial score (nSPS) is 13.0. The molecule has 2 rings (SSSR count). The molecule has 0 fully saturated rings. The quantitative estimate of drug-likeness (QED) is 0.793. The predicted octanol–water partition coefficient (Wildman–Crippen LogP) is 4.14. The third-order valence-corrected chi connectivity index (χ3v) is 5.01. The Hall–Kier alpha value is -1.06. The number of hydrogen-bond donors (Lipinski definition) is 1. The largest absolute Gasteiger partial charge is 0.313 e. The molecule has 0 saturated carbocycles.